The quantitative estimate of drug-likeness (QED) is 0.783. The highest BCUT2D eigenvalue weighted by Crippen LogP contribution is 2.34. The van der Waals surface area contributed by atoms with E-state index >= 15 is 0 Å². The number of nitrogens with zero attached hydrogens (tertiary/aromatic N) is 4. The molecule has 0 aromatic carbocycles. The lowest BCUT2D eigenvalue weighted by molar-refractivity contribution is -0.127. The van der Waals surface area contributed by atoms with E-state index in [1.54, 1.807) is 0 Å². The van der Waals surface area contributed by atoms with Crippen LogP contribution in [0.25, 0.3) is 0 Å². The van der Waals surface area contributed by atoms with Crippen LogP contribution in [-0.4, -0.2) is 51.9 Å². The van der Waals surface area contributed by atoms with Crippen LogP contribution in [0.3, 0.4) is 0 Å². The molecule has 0 unspecified atom stereocenters. The Morgan fingerprint density at radius 2 is 2.08 bits per heavy atom. The first-order chi connectivity index (χ1) is 11.8. The topological polar surface area (TPSA) is 94.0 Å². The summed E-state index contributed by atoms with van der Waals surface area (Å²) in [5, 5.41) is 18.2. The van der Waals surface area contributed by atoms with Crippen molar-refractivity contribution < 1.29 is 9.53 Å². The summed E-state index contributed by atoms with van der Waals surface area (Å²) in [5.41, 5.74) is 0. The summed E-state index contributed by atoms with van der Waals surface area (Å²) in [5.74, 6) is 1.47. The average molecular weight is 334 g/mol. The van der Waals surface area contributed by atoms with Gasteiger partial charge in [-0.2, -0.15) is 0 Å². The molecule has 8 nitrogen and oxygen atoms in total. The van der Waals surface area contributed by atoms with Gasteiger partial charge in [-0.15, -0.1) is 5.10 Å². The Balaban J connectivity index is 1.30. The van der Waals surface area contributed by atoms with Crippen LogP contribution < -0.4 is 10.6 Å². The third kappa shape index (κ3) is 3.59. The molecule has 3 heterocycles. The van der Waals surface area contributed by atoms with Gasteiger partial charge in [0.05, 0.1) is 24.6 Å². The minimum absolute atomic E-state index is 0.0369. The largest absolute Gasteiger partial charge is 0.377 e. The van der Waals surface area contributed by atoms with Crippen molar-refractivity contribution in [1.82, 2.24) is 30.8 Å². The van der Waals surface area contributed by atoms with Crippen molar-refractivity contribution in [3.8, 4) is 0 Å². The summed E-state index contributed by atoms with van der Waals surface area (Å²) < 4.78 is 7.72. The minimum atomic E-state index is -0.0369. The number of tetrazole rings is 1. The lowest BCUT2D eigenvalue weighted by Crippen LogP contribution is -2.37. The molecule has 1 amide bonds. The predicted octanol–water partition coefficient (Wildman–Crippen LogP) is 0.419. The number of aromatic nitrogens is 4. The number of ether oxygens (including phenoxy) is 1. The van der Waals surface area contributed by atoms with Gasteiger partial charge < -0.3 is 15.4 Å². The first-order valence-electron chi connectivity index (χ1n) is 9.18. The smallest absolute Gasteiger partial charge is 0.226 e. The zero-order valence-corrected chi connectivity index (χ0v) is 14.0. The van der Waals surface area contributed by atoms with Gasteiger partial charge >= 0.3 is 0 Å². The van der Waals surface area contributed by atoms with E-state index in [0.717, 1.165) is 44.6 Å². The number of hydrogen-bond acceptors (Lipinski definition) is 6. The molecule has 1 saturated carbocycles. The van der Waals surface area contributed by atoms with E-state index < -0.39 is 0 Å². The van der Waals surface area contributed by atoms with Gasteiger partial charge in [0.1, 0.15) is 0 Å². The zero-order valence-electron chi connectivity index (χ0n) is 14.0. The second-order valence-electron chi connectivity index (χ2n) is 7.22. The first kappa shape index (κ1) is 16.0. The molecule has 1 aliphatic carbocycles. The highest BCUT2D eigenvalue weighted by atomic mass is 16.5. The van der Waals surface area contributed by atoms with Crippen LogP contribution in [0, 0.1) is 11.8 Å². The number of piperidine rings is 1. The maximum absolute atomic E-state index is 12.6. The third-order valence-corrected chi connectivity index (χ3v) is 5.45. The van der Waals surface area contributed by atoms with E-state index in [9.17, 15) is 4.79 Å². The molecule has 132 valence electrons. The van der Waals surface area contributed by atoms with Crippen molar-refractivity contribution in [2.24, 2.45) is 11.8 Å². The lowest BCUT2D eigenvalue weighted by atomic mass is 9.87. The Hall–Kier alpha value is -1.54. The fourth-order valence-corrected chi connectivity index (χ4v) is 3.86. The molecule has 0 bridgehead atoms. The molecule has 3 aliphatic rings. The van der Waals surface area contributed by atoms with Crippen LogP contribution in [0.15, 0.2) is 0 Å². The van der Waals surface area contributed by atoms with Crippen LogP contribution in [0.4, 0.5) is 0 Å². The molecule has 8 heteroatoms. The van der Waals surface area contributed by atoms with E-state index in [1.807, 2.05) is 4.68 Å². The monoisotopic (exact) mass is 334 g/mol. The number of rotatable bonds is 6. The van der Waals surface area contributed by atoms with E-state index in [-0.39, 0.29) is 17.9 Å². The average Bonchev–Trinajstić information content (AvgIpc) is 3.16. The summed E-state index contributed by atoms with van der Waals surface area (Å²) in [6.45, 7) is 3.25. The molecule has 1 aromatic heterocycles. The molecule has 2 saturated heterocycles. The highest BCUT2D eigenvalue weighted by Gasteiger charge is 2.36. The van der Waals surface area contributed by atoms with E-state index in [0.29, 0.717) is 25.1 Å². The summed E-state index contributed by atoms with van der Waals surface area (Å²) in [4.78, 5) is 12.6. The Morgan fingerprint density at radius 1 is 1.25 bits per heavy atom. The molecule has 24 heavy (non-hydrogen) atoms. The molecule has 3 fully saturated rings. The highest BCUT2D eigenvalue weighted by molar-refractivity contribution is 5.79. The zero-order chi connectivity index (χ0) is 16.4. The van der Waals surface area contributed by atoms with Gasteiger partial charge in [0.25, 0.3) is 0 Å². The Kier molecular flexibility index (Phi) is 4.75. The fraction of sp³-hybridized carbons (Fsp3) is 0.875. The molecular formula is C16H26N6O2. The number of carbonyl (C=O) groups excluding carboxylic acids is 1. The molecule has 0 spiro atoms. The first-order valence-corrected chi connectivity index (χ1v) is 9.18. The van der Waals surface area contributed by atoms with Gasteiger partial charge in [0.15, 0.2) is 5.82 Å². The summed E-state index contributed by atoms with van der Waals surface area (Å²) in [7, 11) is 0. The molecule has 2 aliphatic heterocycles. The van der Waals surface area contributed by atoms with Gasteiger partial charge in [0.2, 0.25) is 5.91 Å². The van der Waals surface area contributed by atoms with Crippen molar-refractivity contribution in [1.29, 1.82) is 0 Å². The number of carbonyl (C=O) groups is 1. The molecule has 4 rings (SSSR count). The van der Waals surface area contributed by atoms with Gasteiger partial charge in [-0.25, -0.2) is 4.68 Å². The van der Waals surface area contributed by atoms with Crippen LogP contribution in [0.2, 0.25) is 0 Å². The Bertz CT molecular complexity index is 567. The maximum atomic E-state index is 12.6. The van der Waals surface area contributed by atoms with Crippen molar-refractivity contribution in [2.45, 2.75) is 57.2 Å². The summed E-state index contributed by atoms with van der Waals surface area (Å²) in [6, 6.07) is 0.425. The second kappa shape index (κ2) is 7.14. The summed E-state index contributed by atoms with van der Waals surface area (Å²) in [6.07, 6.45) is 6.50. The maximum Gasteiger partial charge on any atom is 0.226 e. The van der Waals surface area contributed by atoms with Gasteiger partial charge in [-0.1, -0.05) is 0 Å². The SMILES string of the molecule is O=C(NCc1nnnn1C1CC1)[C@@H]1CCO[C@@H]1CC1CCNCC1. The van der Waals surface area contributed by atoms with Crippen LogP contribution in [-0.2, 0) is 16.1 Å². The normalized spacial score (nSPS) is 28.2. The van der Waals surface area contributed by atoms with Crippen molar-refractivity contribution in [3.63, 3.8) is 0 Å². The van der Waals surface area contributed by atoms with Gasteiger partial charge in [-0.05, 0) is 68.0 Å². The van der Waals surface area contributed by atoms with Crippen molar-refractivity contribution >= 4 is 5.91 Å². The van der Waals surface area contributed by atoms with E-state index in [4.69, 9.17) is 4.74 Å². The molecular weight excluding hydrogens is 308 g/mol. The fourth-order valence-electron chi connectivity index (χ4n) is 3.86. The third-order valence-electron chi connectivity index (χ3n) is 5.45. The van der Waals surface area contributed by atoms with Crippen molar-refractivity contribution in [3.05, 3.63) is 5.82 Å². The van der Waals surface area contributed by atoms with Gasteiger partial charge in [-0.3, -0.25) is 4.79 Å². The molecule has 0 radical (unpaired) electrons. The molecule has 2 atom stereocenters. The van der Waals surface area contributed by atoms with Crippen molar-refractivity contribution in [2.75, 3.05) is 19.7 Å². The molecule has 2 N–H and O–H groups in total. The molecule has 1 aromatic rings. The predicted molar refractivity (Wildman–Crippen MR) is 86.0 cm³/mol. The number of amides is 1. The van der Waals surface area contributed by atoms with E-state index in [1.165, 1.54) is 12.8 Å². The number of hydrogen-bond donors (Lipinski definition) is 2. The van der Waals surface area contributed by atoms with Crippen LogP contribution in [0.5, 0.6) is 0 Å². The lowest BCUT2D eigenvalue weighted by Gasteiger charge is -2.27. The Morgan fingerprint density at radius 3 is 2.88 bits per heavy atom. The Labute approximate surface area is 141 Å². The summed E-state index contributed by atoms with van der Waals surface area (Å²) >= 11 is 0. The number of nitrogens with one attached hydrogen (secondary N) is 2. The van der Waals surface area contributed by atoms with Crippen LogP contribution in [0.1, 0.15) is 50.4 Å². The second-order valence-corrected chi connectivity index (χ2v) is 7.22. The van der Waals surface area contributed by atoms with E-state index in [2.05, 4.69) is 26.2 Å². The minimum Gasteiger partial charge on any atom is -0.377 e. The van der Waals surface area contributed by atoms with Gasteiger partial charge in [0, 0.05) is 6.61 Å². The van der Waals surface area contributed by atoms with Crippen LogP contribution >= 0.6 is 0 Å². The standard InChI is InChI=1S/C16H26N6O2/c23-16(18-10-15-19-20-21-22(15)12-1-2-12)13-5-8-24-14(13)9-11-3-6-17-7-4-11/h11-14,17H,1-10H2,(H,18,23)/t13-,14-/m1/s1.